The Kier molecular flexibility index (Phi) is 6.55. The maximum atomic E-state index is 2.47. The first-order valence-corrected chi connectivity index (χ1v) is 16.8. The highest BCUT2D eigenvalue weighted by molar-refractivity contribution is 6.03. The molecule has 228 valence electrons. The molecule has 48 heavy (non-hydrogen) atoms. The SMILES string of the molecule is CC1(C)c2ccccc2-c2c(N(c3ccc(-c4ccc(-c5cccc6ccccc56)cc4)cc3)c3cccc4ccccc34)cccc21. The van der Waals surface area contributed by atoms with Gasteiger partial charge in [0.25, 0.3) is 0 Å². The lowest BCUT2D eigenvalue weighted by molar-refractivity contribution is 0.660. The second kappa shape index (κ2) is 11.1. The molecular weight excluding hydrogens is 579 g/mol. The van der Waals surface area contributed by atoms with Crippen molar-refractivity contribution in [3.8, 4) is 33.4 Å². The Morgan fingerprint density at radius 3 is 1.65 bits per heavy atom. The lowest BCUT2D eigenvalue weighted by Crippen LogP contribution is -2.16. The van der Waals surface area contributed by atoms with Crippen LogP contribution in [0.15, 0.2) is 176 Å². The summed E-state index contributed by atoms with van der Waals surface area (Å²) < 4.78 is 0. The van der Waals surface area contributed by atoms with Crippen molar-refractivity contribution < 1.29 is 0 Å². The predicted octanol–water partition coefficient (Wildman–Crippen LogP) is 13.1. The van der Waals surface area contributed by atoms with Gasteiger partial charge in [-0.25, -0.2) is 0 Å². The molecule has 0 atom stereocenters. The Morgan fingerprint density at radius 2 is 0.875 bits per heavy atom. The summed E-state index contributed by atoms with van der Waals surface area (Å²) >= 11 is 0. The van der Waals surface area contributed by atoms with Gasteiger partial charge in [-0.3, -0.25) is 0 Å². The molecule has 0 saturated carbocycles. The summed E-state index contributed by atoms with van der Waals surface area (Å²) in [6, 6.07) is 64.3. The van der Waals surface area contributed by atoms with Gasteiger partial charge in [0, 0.05) is 22.1 Å². The molecule has 1 nitrogen and oxygen atoms in total. The Balaban J connectivity index is 1.16. The van der Waals surface area contributed by atoms with Crippen LogP contribution in [-0.4, -0.2) is 0 Å². The van der Waals surface area contributed by atoms with Gasteiger partial charge in [-0.1, -0.05) is 166 Å². The van der Waals surface area contributed by atoms with Crippen LogP contribution in [0.4, 0.5) is 17.1 Å². The van der Waals surface area contributed by atoms with E-state index in [2.05, 4.69) is 195 Å². The fourth-order valence-electron chi connectivity index (χ4n) is 7.86. The van der Waals surface area contributed by atoms with E-state index < -0.39 is 0 Å². The molecule has 0 amide bonds. The minimum atomic E-state index is -0.0750. The van der Waals surface area contributed by atoms with Crippen molar-refractivity contribution in [3.05, 3.63) is 187 Å². The molecular formula is C47H35N. The summed E-state index contributed by atoms with van der Waals surface area (Å²) in [4.78, 5) is 2.47. The summed E-state index contributed by atoms with van der Waals surface area (Å²) in [5.74, 6) is 0. The Labute approximate surface area is 282 Å². The fraction of sp³-hybridized carbons (Fsp3) is 0.0638. The number of anilines is 3. The normalized spacial score (nSPS) is 13.0. The second-order valence-electron chi connectivity index (χ2n) is 13.4. The van der Waals surface area contributed by atoms with Crippen molar-refractivity contribution in [1.82, 2.24) is 0 Å². The van der Waals surface area contributed by atoms with Crippen molar-refractivity contribution in [2.24, 2.45) is 0 Å². The van der Waals surface area contributed by atoms with Crippen LogP contribution in [0.2, 0.25) is 0 Å². The minimum absolute atomic E-state index is 0.0750. The zero-order valence-corrected chi connectivity index (χ0v) is 27.2. The lowest BCUT2D eigenvalue weighted by atomic mass is 9.82. The standard InChI is InChI=1S/C47H35N/c1-47(2)42-20-8-7-18-41(42)46-43(47)21-11-23-45(46)48(44-22-10-15-35-13-4-6-17-40(35)44)37-30-28-33(29-31-37)32-24-26-36(27-25-32)39-19-9-14-34-12-3-5-16-38(34)39/h3-31H,1-2H3. The molecule has 1 heteroatoms. The van der Waals surface area contributed by atoms with Crippen molar-refractivity contribution >= 4 is 38.6 Å². The fourth-order valence-corrected chi connectivity index (χ4v) is 7.86. The molecule has 8 aromatic carbocycles. The summed E-state index contributed by atoms with van der Waals surface area (Å²) in [6.45, 7) is 4.70. The first-order valence-electron chi connectivity index (χ1n) is 16.8. The zero-order valence-electron chi connectivity index (χ0n) is 27.2. The topological polar surface area (TPSA) is 3.24 Å². The van der Waals surface area contributed by atoms with Crippen LogP contribution in [0, 0.1) is 0 Å². The van der Waals surface area contributed by atoms with E-state index in [1.165, 1.54) is 77.4 Å². The molecule has 0 saturated heterocycles. The van der Waals surface area contributed by atoms with Gasteiger partial charge < -0.3 is 4.90 Å². The molecule has 0 aromatic heterocycles. The Morgan fingerprint density at radius 1 is 0.375 bits per heavy atom. The molecule has 0 unspecified atom stereocenters. The van der Waals surface area contributed by atoms with Crippen LogP contribution in [0.25, 0.3) is 54.9 Å². The summed E-state index contributed by atoms with van der Waals surface area (Å²) in [7, 11) is 0. The molecule has 8 aromatic rings. The molecule has 0 heterocycles. The predicted molar refractivity (Wildman–Crippen MR) is 205 cm³/mol. The van der Waals surface area contributed by atoms with E-state index in [0.717, 1.165) is 5.69 Å². The van der Waals surface area contributed by atoms with Gasteiger partial charge in [0.1, 0.15) is 0 Å². The number of nitrogens with zero attached hydrogens (tertiary/aromatic N) is 1. The summed E-state index contributed by atoms with van der Waals surface area (Å²) in [5, 5.41) is 5.01. The molecule has 0 spiro atoms. The van der Waals surface area contributed by atoms with E-state index >= 15 is 0 Å². The first kappa shape index (κ1) is 28.3. The smallest absolute Gasteiger partial charge is 0.0543 e. The van der Waals surface area contributed by atoms with Crippen LogP contribution in [0.3, 0.4) is 0 Å². The molecule has 0 bridgehead atoms. The van der Waals surface area contributed by atoms with E-state index in [-0.39, 0.29) is 5.41 Å². The van der Waals surface area contributed by atoms with Gasteiger partial charge >= 0.3 is 0 Å². The molecule has 0 N–H and O–H groups in total. The van der Waals surface area contributed by atoms with Crippen molar-refractivity contribution in [2.45, 2.75) is 19.3 Å². The van der Waals surface area contributed by atoms with Gasteiger partial charge in [-0.05, 0) is 79.4 Å². The zero-order chi connectivity index (χ0) is 32.2. The molecule has 9 rings (SSSR count). The van der Waals surface area contributed by atoms with E-state index in [1.54, 1.807) is 0 Å². The quantitative estimate of drug-likeness (QED) is 0.187. The number of fused-ring (bicyclic) bond motifs is 5. The highest BCUT2D eigenvalue weighted by atomic mass is 15.1. The van der Waals surface area contributed by atoms with E-state index in [4.69, 9.17) is 0 Å². The van der Waals surface area contributed by atoms with Crippen LogP contribution < -0.4 is 4.90 Å². The minimum Gasteiger partial charge on any atom is -0.309 e. The number of benzene rings is 8. The molecule has 1 aliphatic rings. The average molecular weight is 614 g/mol. The van der Waals surface area contributed by atoms with Crippen molar-refractivity contribution in [3.63, 3.8) is 0 Å². The largest absolute Gasteiger partial charge is 0.309 e. The number of hydrogen-bond donors (Lipinski definition) is 0. The first-order chi connectivity index (χ1) is 23.6. The molecule has 0 fully saturated rings. The van der Waals surface area contributed by atoms with Gasteiger partial charge in [-0.2, -0.15) is 0 Å². The van der Waals surface area contributed by atoms with E-state index in [0.29, 0.717) is 0 Å². The van der Waals surface area contributed by atoms with Crippen LogP contribution in [0.5, 0.6) is 0 Å². The average Bonchev–Trinajstić information content (AvgIpc) is 3.38. The maximum absolute atomic E-state index is 2.47. The highest BCUT2D eigenvalue weighted by Crippen LogP contribution is 2.54. The van der Waals surface area contributed by atoms with Crippen molar-refractivity contribution in [2.75, 3.05) is 4.90 Å². The third kappa shape index (κ3) is 4.47. The van der Waals surface area contributed by atoms with Gasteiger partial charge in [-0.15, -0.1) is 0 Å². The summed E-state index contributed by atoms with van der Waals surface area (Å²) in [5.41, 5.74) is 13.7. The van der Waals surface area contributed by atoms with Gasteiger partial charge in [0.15, 0.2) is 0 Å². The van der Waals surface area contributed by atoms with Crippen LogP contribution >= 0.6 is 0 Å². The maximum Gasteiger partial charge on any atom is 0.0543 e. The molecule has 0 radical (unpaired) electrons. The van der Waals surface area contributed by atoms with E-state index in [9.17, 15) is 0 Å². The number of hydrogen-bond acceptors (Lipinski definition) is 1. The third-order valence-corrected chi connectivity index (χ3v) is 10.3. The lowest BCUT2D eigenvalue weighted by Gasteiger charge is -2.30. The third-order valence-electron chi connectivity index (χ3n) is 10.3. The molecule has 0 aliphatic heterocycles. The Hall–Kier alpha value is -5.92. The Bertz CT molecular complexity index is 2460. The second-order valence-corrected chi connectivity index (χ2v) is 13.4. The number of rotatable bonds is 5. The van der Waals surface area contributed by atoms with Crippen LogP contribution in [-0.2, 0) is 5.41 Å². The highest BCUT2D eigenvalue weighted by Gasteiger charge is 2.37. The summed E-state index contributed by atoms with van der Waals surface area (Å²) in [6.07, 6.45) is 0. The van der Waals surface area contributed by atoms with E-state index in [1.807, 2.05) is 0 Å². The van der Waals surface area contributed by atoms with Gasteiger partial charge in [0.05, 0.1) is 11.4 Å². The van der Waals surface area contributed by atoms with Crippen molar-refractivity contribution in [1.29, 1.82) is 0 Å². The van der Waals surface area contributed by atoms with Gasteiger partial charge in [0.2, 0.25) is 0 Å². The molecule has 1 aliphatic carbocycles. The monoisotopic (exact) mass is 613 g/mol. The van der Waals surface area contributed by atoms with Crippen LogP contribution in [0.1, 0.15) is 25.0 Å².